The summed E-state index contributed by atoms with van der Waals surface area (Å²) < 4.78 is 10.7. The molecular formula is C18H28N2O3. The third-order valence-corrected chi connectivity index (χ3v) is 4.36. The highest BCUT2D eigenvalue weighted by molar-refractivity contribution is 5.77. The zero-order valence-corrected chi connectivity index (χ0v) is 14.2. The predicted molar refractivity (Wildman–Crippen MR) is 90.7 cm³/mol. The van der Waals surface area contributed by atoms with E-state index in [-0.39, 0.29) is 12.5 Å². The van der Waals surface area contributed by atoms with Gasteiger partial charge >= 0.3 is 0 Å². The molecule has 1 aromatic carbocycles. The second-order valence-corrected chi connectivity index (χ2v) is 6.14. The van der Waals surface area contributed by atoms with Crippen molar-refractivity contribution in [1.82, 2.24) is 10.2 Å². The molecule has 0 radical (unpaired) electrons. The summed E-state index contributed by atoms with van der Waals surface area (Å²) in [5, 5.41) is 2.99. The molecule has 0 spiro atoms. The molecule has 0 aliphatic carbocycles. The molecule has 23 heavy (non-hydrogen) atoms. The zero-order chi connectivity index (χ0) is 16.5. The number of methoxy groups -OCH3 is 1. The number of hydrogen-bond acceptors (Lipinski definition) is 4. The lowest BCUT2D eigenvalue weighted by Gasteiger charge is -2.31. The SMILES string of the molecule is COCCN1CCC(CNC(=O)COc2ccccc2C)CC1. The highest BCUT2D eigenvalue weighted by Crippen LogP contribution is 2.17. The van der Waals surface area contributed by atoms with Gasteiger partial charge in [0.1, 0.15) is 5.75 Å². The maximum atomic E-state index is 11.9. The number of carbonyl (C=O) groups is 1. The molecule has 0 bridgehead atoms. The van der Waals surface area contributed by atoms with Crippen LogP contribution in [0, 0.1) is 12.8 Å². The molecule has 1 amide bonds. The van der Waals surface area contributed by atoms with Crippen LogP contribution in [0.15, 0.2) is 24.3 Å². The fourth-order valence-electron chi connectivity index (χ4n) is 2.81. The fraction of sp³-hybridized carbons (Fsp3) is 0.611. The molecule has 1 aromatic rings. The molecule has 1 fully saturated rings. The summed E-state index contributed by atoms with van der Waals surface area (Å²) in [5.41, 5.74) is 1.05. The van der Waals surface area contributed by atoms with Gasteiger partial charge < -0.3 is 19.7 Å². The molecular weight excluding hydrogens is 292 g/mol. The number of nitrogens with zero attached hydrogens (tertiary/aromatic N) is 1. The van der Waals surface area contributed by atoms with Gasteiger partial charge in [-0.15, -0.1) is 0 Å². The molecule has 0 unspecified atom stereocenters. The molecule has 128 valence electrons. The first-order valence-electron chi connectivity index (χ1n) is 8.35. The van der Waals surface area contributed by atoms with Gasteiger partial charge in [-0.2, -0.15) is 0 Å². The monoisotopic (exact) mass is 320 g/mol. The Bertz CT molecular complexity index is 485. The van der Waals surface area contributed by atoms with E-state index in [1.54, 1.807) is 7.11 Å². The summed E-state index contributed by atoms with van der Waals surface area (Å²) in [7, 11) is 1.74. The lowest BCUT2D eigenvalue weighted by molar-refractivity contribution is -0.123. The minimum absolute atomic E-state index is 0.0462. The Balaban J connectivity index is 1.61. The van der Waals surface area contributed by atoms with E-state index in [0.717, 1.165) is 56.9 Å². The average Bonchev–Trinajstić information content (AvgIpc) is 2.58. The number of amides is 1. The number of rotatable bonds is 8. The highest BCUT2D eigenvalue weighted by Gasteiger charge is 2.19. The van der Waals surface area contributed by atoms with Crippen LogP contribution in [-0.4, -0.2) is 57.3 Å². The summed E-state index contributed by atoms with van der Waals surface area (Å²) in [4.78, 5) is 14.3. The summed E-state index contributed by atoms with van der Waals surface area (Å²) in [6.07, 6.45) is 2.26. The van der Waals surface area contributed by atoms with Gasteiger partial charge in [-0.05, 0) is 50.4 Å². The van der Waals surface area contributed by atoms with Crippen LogP contribution in [0.3, 0.4) is 0 Å². The molecule has 1 aliphatic heterocycles. The maximum absolute atomic E-state index is 11.9. The van der Waals surface area contributed by atoms with Crippen LogP contribution >= 0.6 is 0 Å². The zero-order valence-electron chi connectivity index (χ0n) is 14.2. The molecule has 1 N–H and O–H groups in total. The standard InChI is InChI=1S/C18H28N2O3/c1-15-5-3-4-6-17(15)23-14-18(21)19-13-16-7-9-20(10-8-16)11-12-22-2/h3-6,16H,7-14H2,1-2H3,(H,19,21). The van der Waals surface area contributed by atoms with E-state index in [1.807, 2.05) is 31.2 Å². The first-order chi connectivity index (χ1) is 11.2. The van der Waals surface area contributed by atoms with Crippen molar-refractivity contribution in [3.05, 3.63) is 29.8 Å². The van der Waals surface area contributed by atoms with Crippen LogP contribution in [0.4, 0.5) is 0 Å². The topological polar surface area (TPSA) is 50.8 Å². The summed E-state index contributed by atoms with van der Waals surface area (Å²) in [6, 6.07) is 7.74. The number of para-hydroxylation sites is 1. The van der Waals surface area contributed by atoms with Crippen molar-refractivity contribution in [2.75, 3.05) is 46.5 Å². The number of piperidine rings is 1. The Kier molecular flexibility index (Phi) is 7.36. The Hall–Kier alpha value is -1.59. The number of aryl methyl sites for hydroxylation is 1. The van der Waals surface area contributed by atoms with Gasteiger partial charge in [0.05, 0.1) is 6.61 Å². The Labute approximate surface area is 139 Å². The van der Waals surface area contributed by atoms with Crippen molar-refractivity contribution in [2.24, 2.45) is 5.92 Å². The van der Waals surface area contributed by atoms with Gasteiger partial charge in [-0.25, -0.2) is 0 Å². The van der Waals surface area contributed by atoms with Crippen molar-refractivity contribution >= 4 is 5.91 Å². The second kappa shape index (κ2) is 9.53. The first-order valence-corrected chi connectivity index (χ1v) is 8.35. The van der Waals surface area contributed by atoms with Gasteiger partial charge in [0.2, 0.25) is 0 Å². The molecule has 1 aliphatic rings. The van der Waals surface area contributed by atoms with Crippen molar-refractivity contribution in [3.8, 4) is 5.75 Å². The molecule has 1 heterocycles. The van der Waals surface area contributed by atoms with E-state index in [1.165, 1.54) is 0 Å². The normalized spacial score (nSPS) is 16.3. The van der Waals surface area contributed by atoms with Crippen molar-refractivity contribution in [2.45, 2.75) is 19.8 Å². The van der Waals surface area contributed by atoms with Crippen LogP contribution in [0.1, 0.15) is 18.4 Å². The number of likely N-dealkylation sites (tertiary alicyclic amines) is 1. The van der Waals surface area contributed by atoms with Crippen LogP contribution in [0.5, 0.6) is 5.75 Å². The molecule has 1 saturated heterocycles. The van der Waals surface area contributed by atoms with E-state index in [4.69, 9.17) is 9.47 Å². The van der Waals surface area contributed by atoms with Crippen LogP contribution in [0.25, 0.3) is 0 Å². The summed E-state index contributed by atoms with van der Waals surface area (Å²) in [5.74, 6) is 1.29. The summed E-state index contributed by atoms with van der Waals surface area (Å²) >= 11 is 0. The summed E-state index contributed by atoms with van der Waals surface area (Å²) in [6.45, 7) is 6.76. The number of benzene rings is 1. The Morgan fingerprint density at radius 1 is 1.30 bits per heavy atom. The van der Waals surface area contributed by atoms with E-state index in [2.05, 4.69) is 10.2 Å². The minimum Gasteiger partial charge on any atom is -0.484 e. The third-order valence-electron chi connectivity index (χ3n) is 4.36. The van der Waals surface area contributed by atoms with Gasteiger partial charge in [0.15, 0.2) is 6.61 Å². The molecule has 0 saturated carbocycles. The van der Waals surface area contributed by atoms with Crippen LogP contribution in [0.2, 0.25) is 0 Å². The fourth-order valence-corrected chi connectivity index (χ4v) is 2.81. The minimum atomic E-state index is -0.0462. The maximum Gasteiger partial charge on any atom is 0.257 e. The number of hydrogen-bond donors (Lipinski definition) is 1. The Morgan fingerprint density at radius 3 is 2.74 bits per heavy atom. The quantitative estimate of drug-likeness (QED) is 0.794. The van der Waals surface area contributed by atoms with Crippen LogP contribution in [-0.2, 0) is 9.53 Å². The highest BCUT2D eigenvalue weighted by atomic mass is 16.5. The molecule has 0 aromatic heterocycles. The number of ether oxygens (including phenoxy) is 2. The molecule has 2 rings (SSSR count). The van der Waals surface area contributed by atoms with E-state index in [9.17, 15) is 4.79 Å². The third kappa shape index (κ3) is 6.20. The van der Waals surface area contributed by atoms with Gasteiger partial charge in [-0.3, -0.25) is 4.79 Å². The van der Waals surface area contributed by atoms with Crippen molar-refractivity contribution in [1.29, 1.82) is 0 Å². The van der Waals surface area contributed by atoms with Crippen molar-refractivity contribution in [3.63, 3.8) is 0 Å². The van der Waals surface area contributed by atoms with E-state index >= 15 is 0 Å². The lowest BCUT2D eigenvalue weighted by atomic mass is 9.97. The van der Waals surface area contributed by atoms with Crippen molar-refractivity contribution < 1.29 is 14.3 Å². The molecule has 5 heteroatoms. The van der Waals surface area contributed by atoms with E-state index in [0.29, 0.717) is 5.92 Å². The number of nitrogens with one attached hydrogen (secondary N) is 1. The average molecular weight is 320 g/mol. The lowest BCUT2D eigenvalue weighted by Crippen LogP contribution is -2.40. The van der Waals surface area contributed by atoms with E-state index < -0.39 is 0 Å². The largest absolute Gasteiger partial charge is 0.484 e. The van der Waals surface area contributed by atoms with Gasteiger partial charge in [0.25, 0.3) is 5.91 Å². The van der Waals surface area contributed by atoms with Crippen LogP contribution < -0.4 is 10.1 Å². The van der Waals surface area contributed by atoms with Gasteiger partial charge in [-0.1, -0.05) is 18.2 Å². The Morgan fingerprint density at radius 2 is 2.04 bits per heavy atom. The predicted octanol–water partition coefficient (Wildman–Crippen LogP) is 1.85. The first kappa shape index (κ1) is 17.8. The van der Waals surface area contributed by atoms with Gasteiger partial charge in [0, 0.05) is 20.2 Å². The second-order valence-electron chi connectivity index (χ2n) is 6.14. The molecule has 0 atom stereocenters. The smallest absolute Gasteiger partial charge is 0.257 e. The molecule has 5 nitrogen and oxygen atoms in total. The number of carbonyl (C=O) groups excluding carboxylic acids is 1.